The molecule has 10 heteroatoms. The third-order valence-corrected chi connectivity index (χ3v) is 7.87. The molecular formula is C29H30BrN5O3S. The molecule has 2 aliphatic heterocycles. The summed E-state index contributed by atoms with van der Waals surface area (Å²) in [5.74, 6) is 0.0389. The van der Waals surface area contributed by atoms with Crippen LogP contribution in [0.1, 0.15) is 39.2 Å². The van der Waals surface area contributed by atoms with Gasteiger partial charge in [0, 0.05) is 41.4 Å². The fraction of sp³-hybridized carbons (Fsp3) is 0.345. The van der Waals surface area contributed by atoms with E-state index in [1.165, 1.54) is 11.8 Å². The number of nitrogens with zero attached hydrogens (tertiary/aromatic N) is 4. The van der Waals surface area contributed by atoms with Crippen molar-refractivity contribution < 1.29 is 14.3 Å². The molecule has 2 aliphatic rings. The molecule has 5 rings (SSSR count). The SMILES string of the molecule is CC(C)(C)OC(=O)N1CCC2(CC1)N=C(SCC(=O)Nc1cnc3ccccc3c1)C(c1ccc(Br)cc1)=N2. The zero-order chi connectivity index (χ0) is 27.6. The number of para-hydroxylation sites is 1. The van der Waals surface area contributed by atoms with Crippen molar-refractivity contribution in [3.63, 3.8) is 0 Å². The number of rotatable bonds is 4. The Morgan fingerprint density at radius 1 is 1.08 bits per heavy atom. The second kappa shape index (κ2) is 11.1. The van der Waals surface area contributed by atoms with Crippen LogP contribution in [0.15, 0.2) is 75.3 Å². The van der Waals surface area contributed by atoms with Gasteiger partial charge in [-0.15, -0.1) is 0 Å². The summed E-state index contributed by atoms with van der Waals surface area (Å²) >= 11 is 4.87. The highest BCUT2D eigenvalue weighted by Gasteiger charge is 2.41. The molecule has 2 amide bonds. The molecule has 3 aromatic rings. The summed E-state index contributed by atoms with van der Waals surface area (Å²) in [6.07, 6.45) is 2.53. The van der Waals surface area contributed by atoms with Gasteiger partial charge in [0.25, 0.3) is 0 Å². The molecule has 1 spiro atoms. The lowest BCUT2D eigenvalue weighted by Gasteiger charge is -2.36. The number of benzene rings is 2. The molecule has 8 nitrogen and oxygen atoms in total. The summed E-state index contributed by atoms with van der Waals surface area (Å²) in [5.41, 5.74) is 2.05. The van der Waals surface area contributed by atoms with Crippen molar-refractivity contribution in [2.75, 3.05) is 24.2 Å². The molecule has 0 bridgehead atoms. The number of pyridine rings is 1. The molecule has 0 aliphatic carbocycles. The number of likely N-dealkylation sites (tertiary alicyclic amines) is 1. The van der Waals surface area contributed by atoms with E-state index in [0.29, 0.717) is 31.6 Å². The number of aromatic nitrogens is 1. The normalized spacial score (nSPS) is 16.7. The first kappa shape index (κ1) is 27.3. The van der Waals surface area contributed by atoms with Crippen LogP contribution in [0.5, 0.6) is 0 Å². The predicted octanol–water partition coefficient (Wildman–Crippen LogP) is 6.30. The fourth-order valence-electron chi connectivity index (χ4n) is 4.49. The highest BCUT2D eigenvalue weighted by molar-refractivity contribution is 9.10. The van der Waals surface area contributed by atoms with Crippen LogP contribution in [-0.2, 0) is 9.53 Å². The molecule has 0 radical (unpaired) electrons. The van der Waals surface area contributed by atoms with Crippen LogP contribution in [0.2, 0.25) is 0 Å². The van der Waals surface area contributed by atoms with Gasteiger partial charge in [-0.1, -0.05) is 58.0 Å². The summed E-state index contributed by atoms with van der Waals surface area (Å²) in [4.78, 5) is 41.7. The van der Waals surface area contributed by atoms with Gasteiger partial charge in [-0.05, 0) is 45.0 Å². The highest BCUT2D eigenvalue weighted by Crippen LogP contribution is 2.36. The van der Waals surface area contributed by atoms with Crippen molar-refractivity contribution in [2.45, 2.75) is 44.9 Å². The molecule has 39 heavy (non-hydrogen) atoms. The summed E-state index contributed by atoms with van der Waals surface area (Å²) in [5, 5.41) is 4.64. The van der Waals surface area contributed by atoms with Crippen LogP contribution in [0.4, 0.5) is 10.5 Å². The van der Waals surface area contributed by atoms with Gasteiger partial charge >= 0.3 is 6.09 Å². The standard InChI is InChI=1S/C29H30BrN5O3S/c1-28(2,3)38-27(37)35-14-12-29(13-15-35)33-25(19-8-10-21(30)11-9-19)26(34-29)39-18-24(36)32-22-16-20-6-4-5-7-23(20)31-17-22/h4-11,16-17H,12-15,18H2,1-3H3,(H,32,36). The molecule has 202 valence electrons. The van der Waals surface area contributed by atoms with Crippen LogP contribution in [0.3, 0.4) is 0 Å². The molecule has 1 N–H and O–H groups in total. The van der Waals surface area contributed by atoms with E-state index < -0.39 is 11.3 Å². The van der Waals surface area contributed by atoms with Gasteiger partial charge in [-0.25, -0.2) is 9.79 Å². The van der Waals surface area contributed by atoms with E-state index in [9.17, 15) is 9.59 Å². The Kier molecular flexibility index (Phi) is 7.77. The van der Waals surface area contributed by atoms with Gasteiger partial charge in [0.2, 0.25) is 5.91 Å². The minimum absolute atomic E-state index is 0.143. The van der Waals surface area contributed by atoms with E-state index in [1.807, 2.05) is 75.4 Å². The second-order valence-corrected chi connectivity index (χ2v) is 12.5. The second-order valence-electron chi connectivity index (χ2n) is 10.6. The minimum atomic E-state index is -0.651. The number of ether oxygens (including phenoxy) is 1. The summed E-state index contributed by atoms with van der Waals surface area (Å²) in [6.45, 7) is 6.60. The van der Waals surface area contributed by atoms with Crippen LogP contribution < -0.4 is 5.32 Å². The molecule has 0 unspecified atom stereocenters. The minimum Gasteiger partial charge on any atom is -0.444 e. The van der Waals surface area contributed by atoms with Crippen LogP contribution in [0, 0.1) is 0 Å². The zero-order valence-electron chi connectivity index (χ0n) is 22.1. The Labute approximate surface area is 240 Å². The maximum absolute atomic E-state index is 12.9. The first-order valence-corrected chi connectivity index (χ1v) is 14.6. The Morgan fingerprint density at radius 2 is 1.79 bits per heavy atom. The first-order chi connectivity index (χ1) is 18.6. The topological polar surface area (TPSA) is 96.2 Å². The van der Waals surface area contributed by atoms with Gasteiger partial charge in [-0.3, -0.25) is 14.8 Å². The van der Waals surface area contributed by atoms with Gasteiger partial charge in [-0.2, -0.15) is 0 Å². The van der Waals surface area contributed by atoms with E-state index in [2.05, 4.69) is 26.2 Å². The van der Waals surface area contributed by atoms with Gasteiger partial charge < -0.3 is 15.0 Å². The van der Waals surface area contributed by atoms with Crippen LogP contribution >= 0.6 is 27.7 Å². The Hall–Kier alpha value is -3.24. The number of carbonyl (C=O) groups is 2. The van der Waals surface area contributed by atoms with E-state index in [-0.39, 0.29) is 17.8 Å². The third-order valence-electron chi connectivity index (χ3n) is 6.38. The number of piperidine rings is 1. The van der Waals surface area contributed by atoms with Crippen molar-refractivity contribution >= 4 is 67.0 Å². The van der Waals surface area contributed by atoms with Crippen molar-refractivity contribution in [2.24, 2.45) is 9.98 Å². The summed E-state index contributed by atoms with van der Waals surface area (Å²) < 4.78 is 6.52. The Morgan fingerprint density at radius 3 is 2.51 bits per heavy atom. The Bertz CT molecular complexity index is 1460. The van der Waals surface area contributed by atoms with E-state index >= 15 is 0 Å². The average Bonchev–Trinajstić information content (AvgIpc) is 3.25. The quantitative estimate of drug-likeness (QED) is 0.375. The van der Waals surface area contributed by atoms with Crippen molar-refractivity contribution in [1.29, 1.82) is 0 Å². The molecular weight excluding hydrogens is 578 g/mol. The predicted molar refractivity (Wildman–Crippen MR) is 161 cm³/mol. The highest BCUT2D eigenvalue weighted by atomic mass is 79.9. The molecule has 1 fully saturated rings. The van der Waals surface area contributed by atoms with Crippen LogP contribution in [0.25, 0.3) is 10.9 Å². The first-order valence-electron chi connectivity index (χ1n) is 12.8. The summed E-state index contributed by atoms with van der Waals surface area (Å²) in [7, 11) is 0. The molecule has 0 atom stereocenters. The Balaban J connectivity index is 1.29. The lowest BCUT2D eigenvalue weighted by Crippen LogP contribution is -2.46. The maximum Gasteiger partial charge on any atom is 0.410 e. The van der Waals surface area contributed by atoms with Crippen molar-refractivity contribution in [1.82, 2.24) is 9.88 Å². The van der Waals surface area contributed by atoms with Crippen LogP contribution in [-0.4, -0.2) is 62.7 Å². The smallest absolute Gasteiger partial charge is 0.410 e. The molecule has 1 saturated heterocycles. The fourth-order valence-corrected chi connectivity index (χ4v) is 5.63. The molecule has 3 heterocycles. The zero-order valence-corrected chi connectivity index (χ0v) is 24.5. The number of hydrogen-bond donors (Lipinski definition) is 1. The van der Waals surface area contributed by atoms with Gasteiger partial charge in [0.1, 0.15) is 10.6 Å². The van der Waals surface area contributed by atoms with E-state index in [4.69, 9.17) is 14.7 Å². The monoisotopic (exact) mass is 607 g/mol. The number of thioether (sulfide) groups is 1. The van der Waals surface area contributed by atoms with E-state index in [0.717, 1.165) is 31.7 Å². The van der Waals surface area contributed by atoms with Crippen molar-refractivity contribution in [3.05, 3.63) is 70.8 Å². The lowest BCUT2D eigenvalue weighted by atomic mass is 9.99. The largest absolute Gasteiger partial charge is 0.444 e. The third kappa shape index (κ3) is 6.67. The molecule has 2 aromatic carbocycles. The number of anilines is 1. The van der Waals surface area contributed by atoms with Crippen molar-refractivity contribution in [3.8, 4) is 0 Å². The number of aliphatic imine (C=N–C) groups is 2. The average molecular weight is 609 g/mol. The van der Waals surface area contributed by atoms with Gasteiger partial charge in [0.15, 0.2) is 5.66 Å². The number of halogens is 1. The summed E-state index contributed by atoms with van der Waals surface area (Å²) in [6, 6.07) is 17.6. The van der Waals surface area contributed by atoms with Gasteiger partial charge in [0.05, 0.1) is 28.9 Å². The number of nitrogens with one attached hydrogen (secondary N) is 1. The lowest BCUT2D eigenvalue weighted by molar-refractivity contribution is -0.113. The number of fused-ring (bicyclic) bond motifs is 1. The maximum atomic E-state index is 12.9. The molecule has 0 saturated carbocycles. The number of carbonyl (C=O) groups excluding carboxylic acids is 2. The molecule has 1 aromatic heterocycles. The number of hydrogen-bond acceptors (Lipinski definition) is 7. The van der Waals surface area contributed by atoms with E-state index in [1.54, 1.807) is 11.1 Å². The number of amides is 2.